The molecule has 1 heterocycles. The van der Waals surface area contributed by atoms with Crippen molar-refractivity contribution < 1.29 is 9.53 Å². The maximum atomic E-state index is 10.8. The fourth-order valence-corrected chi connectivity index (χ4v) is 3.78. The van der Waals surface area contributed by atoms with Crippen LogP contribution in [-0.4, -0.2) is 16.1 Å². The van der Waals surface area contributed by atoms with E-state index in [-0.39, 0.29) is 0 Å². The van der Waals surface area contributed by atoms with Crippen LogP contribution in [0.15, 0.2) is 25.6 Å². The summed E-state index contributed by atoms with van der Waals surface area (Å²) in [5.41, 5.74) is 2.50. The first-order chi connectivity index (χ1) is 9.97. The van der Waals surface area contributed by atoms with Crippen LogP contribution in [0.5, 0.6) is 5.75 Å². The van der Waals surface area contributed by atoms with E-state index in [9.17, 15) is 4.79 Å². The van der Waals surface area contributed by atoms with Gasteiger partial charge in [-0.3, -0.25) is 9.48 Å². The summed E-state index contributed by atoms with van der Waals surface area (Å²) in [4.78, 5) is 10.8. The Hall–Kier alpha value is -0.660. The molecule has 0 unspecified atom stereocenters. The van der Waals surface area contributed by atoms with Gasteiger partial charge in [-0.05, 0) is 73.8 Å². The minimum absolute atomic E-state index is 0.382. The van der Waals surface area contributed by atoms with Crippen molar-refractivity contribution in [2.45, 2.75) is 27.0 Å². The molecule has 2 rings (SSSR count). The van der Waals surface area contributed by atoms with E-state index in [1.807, 2.05) is 18.5 Å². The topological polar surface area (TPSA) is 44.1 Å². The van der Waals surface area contributed by atoms with Gasteiger partial charge in [-0.2, -0.15) is 5.10 Å². The van der Waals surface area contributed by atoms with Crippen LogP contribution >= 0.6 is 47.8 Å². The summed E-state index contributed by atoms with van der Waals surface area (Å²) in [7, 11) is 0. The molecule has 112 valence electrons. The number of nitrogens with zero attached hydrogens (tertiary/aromatic N) is 2. The van der Waals surface area contributed by atoms with E-state index in [1.54, 1.807) is 12.1 Å². The third kappa shape index (κ3) is 3.57. The molecule has 0 fully saturated rings. The van der Waals surface area contributed by atoms with E-state index >= 15 is 0 Å². The Balaban J connectivity index is 2.27. The first-order valence-electron chi connectivity index (χ1n) is 6.26. The maximum Gasteiger partial charge on any atom is 0.150 e. The zero-order valence-electron chi connectivity index (χ0n) is 11.5. The number of halogens is 3. The van der Waals surface area contributed by atoms with Crippen LogP contribution < -0.4 is 4.74 Å². The van der Waals surface area contributed by atoms with Gasteiger partial charge < -0.3 is 4.74 Å². The highest BCUT2D eigenvalue weighted by Crippen LogP contribution is 2.35. The van der Waals surface area contributed by atoms with Crippen LogP contribution in [0.25, 0.3) is 0 Å². The minimum atomic E-state index is 0.382. The average Bonchev–Trinajstić information content (AvgIpc) is 2.73. The molecule has 0 aliphatic rings. The van der Waals surface area contributed by atoms with Gasteiger partial charge in [0.25, 0.3) is 0 Å². The molecule has 4 nitrogen and oxygen atoms in total. The molecule has 0 spiro atoms. The van der Waals surface area contributed by atoms with Crippen molar-refractivity contribution in [2.75, 3.05) is 0 Å². The number of hydrogen-bond donors (Lipinski definition) is 0. The van der Waals surface area contributed by atoms with Crippen LogP contribution in [0.1, 0.15) is 28.7 Å². The maximum absolute atomic E-state index is 10.8. The highest BCUT2D eigenvalue weighted by Gasteiger charge is 2.15. The summed E-state index contributed by atoms with van der Waals surface area (Å²) in [6, 6.07) is 3.45. The van der Waals surface area contributed by atoms with Crippen LogP contribution in [-0.2, 0) is 13.2 Å². The first-order valence-corrected chi connectivity index (χ1v) is 8.64. The van der Waals surface area contributed by atoms with Crippen LogP contribution in [0, 0.1) is 6.92 Å². The number of aryl methyl sites for hydroxylation is 2. The fraction of sp³-hybridized carbons (Fsp3) is 0.286. The van der Waals surface area contributed by atoms with Crippen molar-refractivity contribution in [1.29, 1.82) is 0 Å². The van der Waals surface area contributed by atoms with E-state index in [1.165, 1.54) is 0 Å². The molecule has 0 radical (unpaired) electrons. The van der Waals surface area contributed by atoms with Crippen LogP contribution in [0.4, 0.5) is 0 Å². The number of aromatic nitrogens is 2. The van der Waals surface area contributed by atoms with Gasteiger partial charge in [0.1, 0.15) is 18.6 Å². The van der Waals surface area contributed by atoms with Crippen molar-refractivity contribution in [3.05, 3.63) is 42.5 Å². The lowest BCUT2D eigenvalue weighted by molar-refractivity contribution is 0.112. The Morgan fingerprint density at radius 2 is 1.90 bits per heavy atom. The van der Waals surface area contributed by atoms with Crippen LogP contribution in [0.3, 0.4) is 0 Å². The van der Waals surface area contributed by atoms with E-state index < -0.39 is 0 Å². The Kier molecular flexibility index (Phi) is 5.62. The molecule has 0 bridgehead atoms. The second-order valence-corrected chi connectivity index (χ2v) is 6.88. The lowest BCUT2D eigenvalue weighted by atomic mass is 10.2. The third-order valence-corrected chi connectivity index (χ3v) is 5.17. The molecule has 21 heavy (non-hydrogen) atoms. The molecule has 0 aliphatic carbocycles. The van der Waals surface area contributed by atoms with Gasteiger partial charge in [0.05, 0.1) is 24.8 Å². The molecule has 0 saturated heterocycles. The normalized spacial score (nSPS) is 10.7. The van der Waals surface area contributed by atoms with Gasteiger partial charge in [0.15, 0.2) is 0 Å². The highest BCUT2D eigenvalue weighted by atomic mass is 79.9. The third-order valence-electron chi connectivity index (χ3n) is 2.96. The summed E-state index contributed by atoms with van der Waals surface area (Å²) in [6.07, 6.45) is 0.797. The van der Waals surface area contributed by atoms with Crippen molar-refractivity contribution in [3.8, 4) is 5.75 Å². The number of carbonyl (C=O) groups is 1. The van der Waals surface area contributed by atoms with E-state index in [0.29, 0.717) is 17.9 Å². The van der Waals surface area contributed by atoms with Crippen molar-refractivity contribution in [1.82, 2.24) is 9.78 Å². The largest absolute Gasteiger partial charge is 0.485 e. The lowest BCUT2D eigenvalue weighted by Gasteiger charge is -2.12. The first kappa shape index (κ1) is 16.7. The molecular weight excluding hydrogens is 468 g/mol. The molecule has 1 aromatic carbocycles. The molecule has 7 heteroatoms. The molecule has 0 atom stereocenters. The van der Waals surface area contributed by atoms with Crippen molar-refractivity contribution in [3.63, 3.8) is 0 Å². The molecule has 2 aromatic rings. The summed E-state index contributed by atoms with van der Waals surface area (Å²) in [5, 5.41) is 4.43. The van der Waals surface area contributed by atoms with E-state index in [0.717, 1.165) is 37.6 Å². The Bertz CT molecular complexity index is 660. The number of benzene rings is 1. The number of carbonyl (C=O) groups excluding carboxylic acids is 1. The van der Waals surface area contributed by atoms with E-state index in [4.69, 9.17) is 4.74 Å². The summed E-state index contributed by atoms with van der Waals surface area (Å²) in [6.45, 7) is 5.14. The van der Waals surface area contributed by atoms with Crippen molar-refractivity contribution in [2.24, 2.45) is 0 Å². The minimum Gasteiger partial charge on any atom is -0.485 e. The summed E-state index contributed by atoms with van der Waals surface area (Å²) in [5.74, 6) is 0.661. The molecule has 0 amide bonds. The summed E-state index contributed by atoms with van der Waals surface area (Å²) < 4.78 is 10.2. The Labute approximate surface area is 148 Å². The van der Waals surface area contributed by atoms with Crippen molar-refractivity contribution >= 4 is 54.1 Å². The average molecular weight is 481 g/mol. The predicted octanol–water partition coefficient (Wildman–Crippen LogP) is 4.89. The Morgan fingerprint density at radius 1 is 1.29 bits per heavy atom. The zero-order chi connectivity index (χ0) is 15.6. The van der Waals surface area contributed by atoms with Gasteiger partial charge in [-0.1, -0.05) is 0 Å². The molecular formula is C14H13Br3N2O2. The monoisotopic (exact) mass is 478 g/mol. The number of hydrogen-bond acceptors (Lipinski definition) is 3. The number of rotatable bonds is 5. The quantitative estimate of drug-likeness (QED) is 0.572. The Morgan fingerprint density at radius 3 is 2.43 bits per heavy atom. The second-order valence-electron chi connectivity index (χ2n) is 4.38. The van der Waals surface area contributed by atoms with Crippen LogP contribution in [0.2, 0.25) is 0 Å². The summed E-state index contributed by atoms with van der Waals surface area (Å²) >= 11 is 10.4. The van der Waals surface area contributed by atoms with Gasteiger partial charge in [0.2, 0.25) is 0 Å². The SMILES string of the molecule is CCn1nc(C)c(Br)c1COc1c(Br)cc(C=O)cc1Br. The van der Waals surface area contributed by atoms with Gasteiger partial charge in [-0.25, -0.2) is 0 Å². The van der Waals surface area contributed by atoms with Gasteiger partial charge >= 0.3 is 0 Å². The van der Waals surface area contributed by atoms with Gasteiger partial charge in [0, 0.05) is 12.1 Å². The van der Waals surface area contributed by atoms with E-state index in [2.05, 4.69) is 52.9 Å². The molecule has 0 aliphatic heterocycles. The second kappa shape index (κ2) is 7.07. The zero-order valence-corrected chi connectivity index (χ0v) is 16.2. The molecule has 0 N–H and O–H groups in total. The fourth-order valence-electron chi connectivity index (χ4n) is 1.93. The lowest BCUT2D eigenvalue weighted by Crippen LogP contribution is -2.07. The van der Waals surface area contributed by atoms with Gasteiger partial charge in [-0.15, -0.1) is 0 Å². The molecule has 0 saturated carbocycles. The standard InChI is InChI=1S/C14H13Br3N2O2/c1-3-19-12(13(17)8(2)18-19)7-21-14-10(15)4-9(6-20)5-11(14)16/h4-6H,3,7H2,1-2H3. The predicted molar refractivity (Wildman–Crippen MR) is 91.9 cm³/mol. The smallest absolute Gasteiger partial charge is 0.150 e. The highest BCUT2D eigenvalue weighted by molar-refractivity contribution is 9.11. The number of ether oxygens (including phenoxy) is 1. The number of aldehydes is 1. The molecule has 1 aromatic heterocycles.